The molecule has 17 heavy (non-hydrogen) atoms. The van der Waals surface area contributed by atoms with E-state index in [4.69, 9.17) is 0 Å². The molecule has 1 rings (SSSR count). The molecule has 0 aliphatic heterocycles. The van der Waals surface area contributed by atoms with Crippen LogP contribution in [0.5, 0.6) is 0 Å². The number of alkyl halides is 1. The molecule has 1 atom stereocenters. The minimum Gasteiger partial charge on any atom is -0.211 e. The smallest absolute Gasteiger partial charge is 0.211 e. The van der Waals surface area contributed by atoms with Crippen molar-refractivity contribution in [3.8, 4) is 0 Å². The van der Waals surface area contributed by atoms with E-state index in [1.165, 1.54) is 18.2 Å². The number of sulfonamides is 1. The Morgan fingerprint density at radius 2 is 2.06 bits per heavy atom. The Morgan fingerprint density at radius 3 is 2.65 bits per heavy atom. The van der Waals surface area contributed by atoms with Crippen LogP contribution in [0.15, 0.2) is 29.2 Å². The first-order valence-corrected chi connectivity index (χ1v) is 7.75. The summed E-state index contributed by atoms with van der Waals surface area (Å²) >= 11 is 3.41. The molecule has 3 nitrogen and oxygen atoms in total. The topological polar surface area (TPSA) is 46.2 Å². The summed E-state index contributed by atoms with van der Waals surface area (Å²) in [7, 11) is -3.74. The van der Waals surface area contributed by atoms with Crippen molar-refractivity contribution < 1.29 is 12.8 Å². The van der Waals surface area contributed by atoms with Crippen molar-refractivity contribution in [1.82, 2.24) is 4.72 Å². The zero-order valence-corrected chi connectivity index (χ0v) is 11.9. The number of hydrogen-bond acceptors (Lipinski definition) is 2. The first-order valence-electron chi connectivity index (χ1n) is 5.35. The van der Waals surface area contributed by atoms with Crippen LogP contribution in [0.1, 0.15) is 19.8 Å². The van der Waals surface area contributed by atoms with Crippen LogP contribution >= 0.6 is 15.9 Å². The van der Waals surface area contributed by atoms with E-state index in [9.17, 15) is 12.8 Å². The van der Waals surface area contributed by atoms with Gasteiger partial charge in [-0.25, -0.2) is 17.5 Å². The Balaban J connectivity index is 2.67. The lowest BCUT2D eigenvalue weighted by molar-refractivity contribution is 0.554. The van der Waals surface area contributed by atoms with Gasteiger partial charge in [0.05, 0.1) is 0 Å². The van der Waals surface area contributed by atoms with E-state index < -0.39 is 15.8 Å². The van der Waals surface area contributed by atoms with E-state index in [0.29, 0.717) is 13.0 Å². The first-order chi connectivity index (χ1) is 7.97. The van der Waals surface area contributed by atoms with Gasteiger partial charge in [0, 0.05) is 11.4 Å². The summed E-state index contributed by atoms with van der Waals surface area (Å²) in [4.78, 5) is -0.0339. The van der Waals surface area contributed by atoms with Crippen LogP contribution in [-0.4, -0.2) is 19.8 Å². The second-order valence-electron chi connectivity index (χ2n) is 3.62. The van der Waals surface area contributed by atoms with Gasteiger partial charge >= 0.3 is 0 Å². The lowest BCUT2D eigenvalue weighted by atomic mass is 10.2. The highest BCUT2D eigenvalue weighted by molar-refractivity contribution is 9.09. The van der Waals surface area contributed by atoms with Gasteiger partial charge in [-0.05, 0) is 25.0 Å². The summed E-state index contributed by atoms with van der Waals surface area (Å²) in [6.07, 6.45) is 1.59. The van der Waals surface area contributed by atoms with E-state index in [2.05, 4.69) is 20.7 Å². The van der Waals surface area contributed by atoms with Crippen LogP contribution in [0.4, 0.5) is 4.39 Å². The molecule has 0 aliphatic rings. The Labute approximate surface area is 110 Å². The molecule has 0 amide bonds. The van der Waals surface area contributed by atoms with Gasteiger partial charge in [0.15, 0.2) is 0 Å². The maximum atomic E-state index is 13.3. The van der Waals surface area contributed by atoms with Crippen LogP contribution in [0.2, 0.25) is 0 Å². The normalized spacial score (nSPS) is 13.6. The predicted molar refractivity (Wildman–Crippen MR) is 69.2 cm³/mol. The maximum absolute atomic E-state index is 13.3. The van der Waals surface area contributed by atoms with E-state index >= 15 is 0 Å². The second-order valence-corrected chi connectivity index (χ2v) is 6.65. The van der Waals surface area contributed by atoms with Crippen molar-refractivity contribution in [1.29, 1.82) is 0 Å². The monoisotopic (exact) mass is 323 g/mol. The van der Waals surface area contributed by atoms with Gasteiger partial charge in [-0.15, -0.1) is 0 Å². The van der Waals surface area contributed by atoms with Gasteiger partial charge in [0.1, 0.15) is 10.7 Å². The van der Waals surface area contributed by atoms with Crippen LogP contribution in [-0.2, 0) is 10.0 Å². The average molecular weight is 324 g/mol. The number of nitrogens with one attached hydrogen (secondary N) is 1. The number of hydrogen-bond donors (Lipinski definition) is 1. The fourth-order valence-corrected chi connectivity index (χ4v) is 2.65. The lowest BCUT2D eigenvalue weighted by Gasteiger charge is -2.09. The predicted octanol–water partition coefficient (Wildman–Crippen LogP) is 2.67. The van der Waals surface area contributed by atoms with E-state index in [1.807, 2.05) is 6.92 Å². The molecule has 0 bridgehead atoms. The fraction of sp³-hybridized carbons (Fsp3) is 0.455. The molecule has 1 aromatic carbocycles. The molecule has 1 unspecified atom stereocenters. The minimum absolute atomic E-state index is 0.269. The Hall–Kier alpha value is -0.460. The van der Waals surface area contributed by atoms with Crippen molar-refractivity contribution in [3.05, 3.63) is 30.1 Å². The van der Waals surface area contributed by atoms with Crippen LogP contribution in [0, 0.1) is 5.82 Å². The van der Waals surface area contributed by atoms with Crippen molar-refractivity contribution in [2.24, 2.45) is 0 Å². The molecular weight excluding hydrogens is 309 g/mol. The summed E-state index contributed by atoms with van der Waals surface area (Å²) in [6, 6.07) is 5.34. The Kier molecular flexibility index (Phi) is 5.55. The first kappa shape index (κ1) is 14.6. The van der Waals surface area contributed by atoms with E-state index in [-0.39, 0.29) is 9.72 Å². The van der Waals surface area contributed by atoms with Gasteiger partial charge < -0.3 is 0 Å². The number of rotatable bonds is 6. The second kappa shape index (κ2) is 6.47. The fourth-order valence-electron chi connectivity index (χ4n) is 1.29. The summed E-state index contributed by atoms with van der Waals surface area (Å²) in [6.45, 7) is 2.30. The molecule has 6 heteroatoms. The summed E-state index contributed by atoms with van der Waals surface area (Å²) in [5, 5.41) is 0. The quantitative estimate of drug-likeness (QED) is 0.818. The van der Waals surface area contributed by atoms with Gasteiger partial charge in [0.2, 0.25) is 10.0 Å². The van der Waals surface area contributed by atoms with Gasteiger partial charge in [-0.3, -0.25) is 0 Å². The van der Waals surface area contributed by atoms with Crippen molar-refractivity contribution >= 4 is 26.0 Å². The summed E-state index contributed by atoms with van der Waals surface area (Å²) in [5.41, 5.74) is 0. The molecule has 1 aromatic rings. The highest BCUT2D eigenvalue weighted by Gasteiger charge is 2.17. The summed E-state index contributed by atoms with van der Waals surface area (Å²) < 4.78 is 39.2. The molecule has 0 aromatic heterocycles. The lowest BCUT2D eigenvalue weighted by Crippen LogP contribution is -2.27. The van der Waals surface area contributed by atoms with Crippen LogP contribution in [0.3, 0.4) is 0 Å². The van der Waals surface area contributed by atoms with Crippen LogP contribution < -0.4 is 4.72 Å². The molecular formula is C11H15BrFNO2S. The Bertz CT molecular complexity index is 464. The van der Waals surface area contributed by atoms with E-state index in [0.717, 1.165) is 12.5 Å². The molecule has 0 saturated heterocycles. The molecule has 0 fully saturated rings. The highest BCUT2D eigenvalue weighted by atomic mass is 79.9. The molecule has 0 aliphatic carbocycles. The van der Waals surface area contributed by atoms with Gasteiger partial charge in [-0.2, -0.15) is 0 Å². The van der Waals surface area contributed by atoms with Crippen LogP contribution in [0.25, 0.3) is 0 Å². The molecule has 0 saturated carbocycles. The zero-order chi connectivity index (χ0) is 12.9. The molecule has 0 spiro atoms. The zero-order valence-electron chi connectivity index (χ0n) is 9.49. The molecule has 96 valence electrons. The Morgan fingerprint density at radius 1 is 1.41 bits per heavy atom. The SMILES string of the molecule is CCC(Br)CCNS(=O)(=O)c1ccccc1F. The van der Waals surface area contributed by atoms with Crippen molar-refractivity contribution in [3.63, 3.8) is 0 Å². The van der Waals surface area contributed by atoms with Gasteiger partial charge in [-0.1, -0.05) is 35.0 Å². The van der Waals surface area contributed by atoms with Gasteiger partial charge in [0.25, 0.3) is 0 Å². The largest absolute Gasteiger partial charge is 0.243 e. The average Bonchev–Trinajstić information content (AvgIpc) is 2.28. The van der Waals surface area contributed by atoms with E-state index in [1.54, 1.807) is 0 Å². The third-order valence-corrected chi connectivity index (χ3v) is 4.92. The van der Waals surface area contributed by atoms with Crippen molar-refractivity contribution in [2.45, 2.75) is 29.5 Å². The maximum Gasteiger partial charge on any atom is 0.243 e. The summed E-state index contributed by atoms with van der Waals surface area (Å²) in [5.74, 6) is -0.731. The van der Waals surface area contributed by atoms with Crippen molar-refractivity contribution in [2.75, 3.05) is 6.54 Å². The molecule has 0 radical (unpaired) electrons. The number of benzene rings is 1. The molecule has 1 N–H and O–H groups in total. The third-order valence-electron chi connectivity index (χ3n) is 2.32. The minimum atomic E-state index is -3.74. The number of halogens is 2. The standard InChI is InChI=1S/C11H15BrFNO2S/c1-2-9(12)7-8-14-17(15,16)11-6-4-3-5-10(11)13/h3-6,9,14H,2,7-8H2,1H3. The third kappa shape index (κ3) is 4.37. The highest BCUT2D eigenvalue weighted by Crippen LogP contribution is 2.14. The molecule has 0 heterocycles.